The molecule has 19 heavy (non-hydrogen) atoms. The molecule has 1 aliphatic rings. The van der Waals surface area contributed by atoms with E-state index in [0.29, 0.717) is 11.3 Å². The Kier molecular flexibility index (Phi) is 3.41. The smallest absolute Gasteiger partial charge is 0.425 e. The van der Waals surface area contributed by atoms with Crippen molar-refractivity contribution in [1.82, 2.24) is 4.98 Å². The van der Waals surface area contributed by atoms with Crippen molar-refractivity contribution in [3.8, 4) is 5.75 Å². The zero-order valence-electron chi connectivity index (χ0n) is 11.9. The summed E-state index contributed by atoms with van der Waals surface area (Å²) in [7, 11) is -0.638. The molecule has 1 saturated heterocycles. The van der Waals surface area contributed by atoms with Crippen LogP contribution in [0.15, 0.2) is 18.3 Å². The van der Waals surface area contributed by atoms with E-state index in [2.05, 4.69) is 4.98 Å². The number of nitrogens with zero attached hydrogens (tertiary/aromatic N) is 1. The number of pyridine rings is 1. The van der Waals surface area contributed by atoms with E-state index < -0.39 is 24.3 Å². The Labute approximate surface area is 113 Å². The molecule has 0 atom stereocenters. The third-order valence-electron chi connectivity index (χ3n) is 3.53. The van der Waals surface area contributed by atoms with E-state index >= 15 is 0 Å². The molecule has 5 nitrogen and oxygen atoms in total. The predicted molar refractivity (Wildman–Crippen MR) is 71.3 cm³/mol. The van der Waals surface area contributed by atoms with E-state index in [-0.39, 0.29) is 0 Å². The van der Waals surface area contributed by atoms with Crippen LogP contribution < -0.4 is 10.3 Å². The van der Waals surface area contributed by atoms with E-state index in [1.54, 1.807) is 18.3 Å². The highest BCUT2D eigenvalue weighted by Gasteiger charge is 2.53. The fraction of sp³-hybridized carbons (Fsp3) is 0.538. The molecular formula is C13H18BNO4. The molecule has 0 bridgehead atoms. The molecule has 0 spiro atoms. The van der Waals surface area contributed by atoms with Gasteiger partial charge in [-0.05, 0) is 39.8 Å². The van der Waals surface area contributed by atoms with Crippen LogP contribution in [0.4, 0.5) is 0 Å². The lowest BCUT2D eigenvalue weighted by atomic mass is 9.83. The van der Waals surface area contributed by atoms with Gasteiger partial charge in [0.2, 0.25) is 0 Å². The number of rotatable bonds is 2. The molecule has 102 valence electrons. The number of ether oxygens (including phenoxy) is 1. The molecule has 6 heteroatoms. The number of hydrogen-bond donors (Lipinski definition) is 0. The minimum absolute atomic E-state index is 0.369. The van der Waals surface area contributed by atoms with Crippen molar-refractivity contribution in [2.24, 2.45) is 0 Å². The summed E-state index contributed by atoms with van der Waals surface area (Å²) in [4.78, 5) is 15.3. The number of esters is 1. The molecule has 2 heterocycles. The Hall–Kier alpha value is -1.40. The summed E-state index contributed by atoms with van der Waals surface area (Å²) in [5.74, 6) is -0.0285. The third kappa shape index (κ3) is 2.64. The highest BCUT2D eigenvalue weighted by Crippen LogP contribution is 2.36. The first-order valence-electron chi connectivity index (χ1n) is 6.22. The summed E-state index contributed by atoms with van der Waals surface area (Å²) in [5.41, 5.74) is -0.429. The predicted octanol–water partition coefficient (Wildman–Crippen LogP) is 1.31. The van der Waals surface area contributed by atoms with Crippen molar-refractivity contribution in [1.29, 1.82) is 0 Å². The molecule has 0 amide bonds. The number of aromatic nitrogens is 1. The van der Waals surface area contributed by atoms with Crippen LogP contribution in [0.25, 0.3) is 0 Å². The summed E-state index contributed by atoms with van der Waals surface area (Å²) >= 11 is 0. The van der Waals surface area contributed by atoms with Gasteiger partial charge >= 0.3 is 13.1 Å². The van der Waals surface area contributed by atoms with Crippen LogP contribution in [0.2, 0.25) is 0 Å². The van der Waals surface area contributed by atoms with Gasteiger partial charge in [-0.3, -0.25) is 9.78 Å². The molecule has 1 aliphatic heterocycles. The molecule has 2 rings (SSSR count). The van der Waals surface area contributed by atoms with Crippen LogP contribution in [0.5, 0.6) is 5.75 Å². The first kappa shape index (κ1) is 14.0. The van der Waals surface area contributed by atoms with Crippen LogP contribution in [-0.4, -0.2) is 29.3 Å². The molecule has 1 aromatic rings. The van der Waals surface area contributed by atoms with Crippen molar-refractivity contribution >= 4 is 18.7 Å². The summed E-state index contributed by atoms with van der Waals surface area (Å²) in [6.07, 6.45) is 1.62. The van der Waals surface area contributed by atoms with Crippen molar-refractivity contribution < 1.29 is 18.8 Å². The molecular weight excluding hydrogens is 245 g/mol. The molecule has 1 fully saturated rings. The monoisotopic (exact) mass is 263 g/mol. The molecule has 0 aromatic carbocycles. The number of hydrogen-bond acceptors (Lipinski definition) is 5. The number of carbonyl (C=O) groups excluding carboxylic acids is 1. The van der Waals surface area contributed by atoms with E-state index in [4.69, 9.17) is 14.0 Å². The average molecular weight is 263 g/mol. The Morgan fingerprint density at radius 2 is 1.84 bits per heavy atom. The van der Waals surface area contributed by atoms with E-state index in [1.807, 2.05) is 27.7 Å². The van der Waals surface area contributed by atoms with Crippen LogP contribution in [-0.2, 0) is 14.1 Å². The Balaban J connectivity index is 2.32. The maximum absolute atomic E-state index is 11.1. The standard InChI is InChI=1S/C13H18BNO4/c1-9(16)17-10-7-6-8-15-11(10)14-18-12(2,3)13(4,5)19-14/h6-8H,1-5H3. The minimum atomic E-state index is -0.638. The maximum atomic E-state index is 11.1. The van der Waals surface area contributed by atoms with Crippen LogP contribution in [0.3, 0.4) is 0 Å². The second-order valence-electron chi connectivity index (χ2n) is 5.57. The summed E-state index contributed by atoms with van der Waals surface area (Å²) in [5, 5.41) is 0. The van der Waals surface area contributed by atoms with E-state index in [1.165, 1.54) is 6.92 Å². The zero-order chi connectivity index (χ0) is 14.3. The summed E-state index contributed by atoms with van der Waals surface area (Å²) in [6, 6.07) is 3.38. The van der Waals surface area contributed by atoms with Gasteiger partial charge in [0.05, 0.1) is 11.2 Å². The normalized spacial score (nSPS) is 20.4. The van der Waals surface area contributed by atoms with Gasteiger partial charge in [-0.2, -0.15) is 0 Å². The van der Waals surface area contributed by atoms with Gasteiger partial charge in [0.1, 0.15) is 11.3 Å². The van der Waals surface area contributed by atoms with Crippen molar-refractivity contribution in [3.63, 3.8) is 0 Å². The van der Waals surface area contributed by atoms with E-state index in [0.717, 1.165) is 0 Å². The van der Waals surface area contributed by atoms with Gasteiger partial charge in [-0.1, -0.05) is 0 Å². The molecule has 0 unspecified atom stereocenters. The Bertz CT molecular complexity index is 485. The number of carbonyl (C=O) groups is 1. The SMILES string of the molecule is CC(=O)Oc1cccnc1B1OC(C)(C)C(C)(C)O1. The van der Waals surface area contributed by atoms with Crippen LogP contribution in [0.1, 0.15) is 34.6 Å². The average Bonchev–Trinajstić information content (AvgIpc) is 2.48. The largest absolute Gasteiger partial charge is 0.518 e. The summed E-state index contributed by atoms with van der Waals surface area (Å²) in [6.45, 7) is 9.19. The van der Waals surface area contributed by atoms with E-state index in [9.17, 15) is 4.79 Å². The molecule has 0 saturated carbocycles. The maximum Gasteiger partial charge on any atom is 0.518 e. The Morgan fingerprint density at radius 1 is 1.26 bits per heavy atom. The lowest BCUT2D eigenvalue weighted by molar-refractivity contribution is -0.131. The second kappa shape index (κ2) is 4.61. The topological polar surface area (TPSA) is 57.7 Å². The van der Waals surface area contributed by atoms with Gasteiger partial charge < -0.3 is 14.0 Å². The third-order valence-corrected chi connectivity index (χ3v) is 3.53. The van der Waals surface area contributed by atoms with Gasteiger partial charge in [-0.15, -0.1) is 0 Å². The molecule has 0 aliphatic carbocycles. The fourth-order valence-electron chi connectivity index (χ4n) is 1.78. The first-order valence-corrected chi connectivity index (χ1v) is 6.22. The van der Waals surface area contributed by atoms with Crippen LogP contribution in [0, 0.1) is 0 Å². The van der Waals surface area contributed by atoms with Gasteiger partial charge in [-0.25, -0.2) is 0 Å². The van der Waals surface area contributed by atoms with Crippen molar-refractivity contribution in [2.75, 3.05) is 0 Å². The lowest BCUT2D eigenvalue weighted by Crippen LogP contribution is -2.41. The molecule has 1 aromatic heterocycles. The van der Waals surface area contributed by atoms with Gasteiger partial charge in [0.15, 0.2) is 0 Å². The second-order valence-corrected chi connectivity index (χ2v) is 5.57. The van der Waals surface area contributed by atoms with Gasteiger partial charge in [0, 0.05) is 13.1 Å². The highest BCUT2D eigenvalue weighted by molar-refractivity contribution is 6.62. The van der Waals surface area contributed by atoms with Crippen molar-refractivity contribution in [2.45, 2.75) is 45.8 Å². The highest BCUT2D eigenvalue weighted by atomic mass is 16.7. The zero-order valence-corrected chi connectivity index (χ0v) is 11.9. The van der Waals surface area contributed by atoms with Crippen LogP contribution >= 0.6 is 0 Å². The fourth-order valence-corrected chi connectivity index (χ4v) is 1.78. The summed E-state index contributed by atoms with van der Waals surface area (Å²) < 4.78 is 16.9. The first-order chi connectivity index (χ1) is 8.73. The molecule has 0 radical (unpaired) electrons. The van der Waals surface area contributed by atoms with Crippen molar-refractivity contribution in [3.05, 3.63) is 18.3 Å². The Morgan fingerprint density at radius 3 is 2.37 bits per heavy atom. The lowest BCUT2D eigenvalue weighted by Gasteiger charge is -2.32. The molecule has 0 N–H and O–H groups in total. The minimum Gasteiger partial charge on any atom is -0.425 e. The van der Waals surface area contributed by atoms with Gasteiger partial charge in [0.25, 0.3) is 0 Å². The quantitative estimate of drug-likeness (QED) is 0.594.